The van der Waals surface area contributed by atoms with Crippen molar-refractivity contribution in [3.8, 4) is 0 Å². The first-order valence-corrected chi connectivity index (χ1v) is 10.5. The second-order valence-corrected chi connectivity index (χ2v) is 8.91. The Morgan fingerprint density at radius 3 is 2.50 bits per heavy atom. The number of hydrogen-bond acceptors (Lipinski definition) is 4. The van der Waals surface area contributed by atoms with Gasteiger partial charge in [-0.15, -0.1) is 0 Å². The van der Waals surface area contributed by atoms with Crippen LogP contribution in [0.5, 0.6) is 0 Å². The Morgan fingerprint density at radius 1 is 1.14 bits per heavy atom. The molecule has 10 heteroatoms. The number of anilines is 1. The maximum absolute atomic E-state index is 13.5. The van der Waals surface area contributed by atoms with Crippen molar-refractivity contribution in [3.63, 3.8) is 0 Å². The first kappa shape index (κ1) is 21.0. The van der Waals surface area contributed by atoms with E-state index >= 15 is 0 Å². The van der Waals surface area contributed by atoms with Gasteiger partial charge in [0.1, 0.15) is 10.7 Å². The van der Waals surface area contributed by atoms with Crippen LogP contribution in [0.1, 0.15) is 15.9 Å². The van der Waals surface area contributed by atoms with Gasteiger partial charge in [-0.2, -0.15) is 4.31 Å². The Hall–Kier alpha value is -1.71. The quantitative estimate of drug-likeness (QED) is 0.776. The summed E-state index contributed by atoms with van der Waals surface area (Å²) in [6.07, 6.45) is 0. The number of carbonyl (C=O) groups excluding carboxylic acids is 1. The standard InChI is InChI=1S/C18H17Cl2FN2O4S/c1-11-2-3-12(21)8-16(11)22-18(24)13-9-17(15(20)10-14(13)19)28(25,26)23-4-6-27-7-5-23/h2-3,8-10H,4-7H2,1H3,(H,22,24). The van der Waals surface area contributed by atoms with Crippen LogP contribution in [0.2, 0.25) is 10.0 Å². The van der Waals surface area contributed by atoms with Gasteiger partial charge >= 0.3 is 0 Å². The topological polar surface area (TPSA) is 75.7 Å². The molecule has 0 saturated carbocycles. The van der Waals surface area contributed by atoms with Crippen molar-refractivity contribution >= 4 is 44.8 Å². The third-order valence-electron chi connectivity index (χ3n) is 4.30. The van der Waals surface area contributed by atoms with Crippen LogP contribution >= 0.6 is 23.2 Å². The molecule has 1 aliphatic heterocycles. The maximum atomic E-state index is 13.5. The van der Waals surface area contributed by atoms with Gasteiger partial charge in [-0.1, -0.05) is 29.3 Å². The first-order valence-electron chi connectivity index (χ1n) is 8.34. The average molecular weight is 447 g/mol. The minimum absolute atomic E-state index is 0.0162. The highest BCUT2D eigenvalue weighted by atomic mass is 35.5. The fraction of sp³-hybridized carbons (Fsp3) is 0.278. The van der Waals surface area contributed by atoms with Gasteiger partial charge in [0.2, 0.25) is 10.0 Å². The Morgan fingerprint density at radius 2 is 1.82 bits per heavy atom. The van der Waals surface area contributed by atoms with Crippen LogP contribution in [0.25, 0.3) is 0 Å². The van der Waals surface area contributed by atoms with E-state index in [1.165, 1.54) is 28.6 Å². The number of benzene rings is 2. The van der Waals surface area contributed by atoms with Crippen LogP contribution in [0, 0.1) is 12.7 Å². The highest BCUT2D eigenvalue weighted by Crippen LogP contribution is 2.31. The molecule has 28 heavy (non-hydrogen) atoms. The fourth-order valence-electron chi connectivity index (χ4n) is 2.75. The highest BCUT2D eigenvalue weighted by molar-refractivity contribution is 7.89. The van der Waals surface area contributed by atoms with Crippen molar-refractivity contribution in [2.75, 3.05) is 31.6 Å². The SMILES string of the molecule is Cc1ccc(F)cc1NC(=O)c1cc(S(=O)(=O)N2CCOCC2)c(Cl)cc1Cl. The molecule has 0 spiro atoms. The Labute approximate surface area is 172 Å². The van der Waals surface area contributed by atoms with E-state index in [-0.39, 0.29) is 52.5 Å². The molecule has 0 unspecified atom stereocenters. The Bertz CT molecular complexity index is 1020. The molecule has 0 aliphatic carbocycles. The van der Waals surface area contributed by atoms with E-state index in [9.17, 15) is 17.6 Å². The number of ether oxygens (including phenoxy) is 1. The number of rotatable bonds is 4. The summed E-state index contributed by atoms with van der Waals surface area (Å²) in [4.78, 5) is 12.5. The maximum Gasteiger partial charge on any atom is 0.257 e. The minimum Gasteiger partial charge on any atom is -0.379 e. The first-order chi connectivity index (χ1) is 13.2. The van der Waals surface area contributed by atoms with Gasteiger partial charge in [0.05, 0.1) is 28.8 Å². The molecular weight excluding hydrogens is 430 g/mol. The summed E-state index contributed by atoms with van der Waals surface area (Å²) in [5, 5.41) is 2.45. The van der Waals surface area contributed by atoms with Crippen LogP contribution in [0.15, 0.2) is 35.2 Å². The summed E-state index contributed by atoms with van der Waals surface area (Å²) in [6.45, 7) is 2.62. The van der Waals surface area contributed by atoms with Crippen molar-refractivity contribution in [2.24, 2.45) is 0 Å². The smallest absolute Gasteiger partial charge is 0.257 e. The Balaban J connectivity index is 1.97. The molecule has 1 aliphatic rings. The number of carbonyl (C=O) groups is 1. The molecule has 1 amide bonds. The summed E-state index contributed by atoms with van der Waals surface area (Å²) in [5.74, 6) is -1.19. The highest BCUT2D eigenvalue weighted by Gasteiger charge is 2.30. The number of amides is 1. The summed E-state index contributed by atoms with van der Waals surface area (Å²) in [5.41, 5.74) is 0.816. The van der Waals surface area contributed by atoms with E-state index in [1.807, 2.05) is 0 Å². The molecule has 150 valence electrons. The molecule has 1 saturated heterocycles. The van der Waals surface area contributed by atoms with Crippen LogP contribution in [0.3, 0.4) is 0 Å². The molecular formula is C18H17Cl2FN2O4S. The average Bonchev–Trinajstić information content (AvgIpc) is 2.65. The third-order valence-corrected chi connectivity index (χ3v) is 6.98. The molecule has 0 atom stereocenters. The molecule has 3 rings (SSSR count). The molecule has 1 heterocycles. The van der Waals surface area contributed by atoms with Crippen molar-refractivity contribution in [2.45, 2.75) is 11.8 Å². The van der Waals surface area contributed by atoms with E-state index in [4.69, 9.17) is 27.9 Å². The van der Waals surface area contributed by atoms with Crippen LogP contribution < -0.4 is 5.32 Å². The van der Waals surface area contributed by atoms with Gasteiger partial charge in [-0.3, -0.25) is 4.79 Å². The predicted octanol–water partition coefficient (Wildman–Crippen LogP) is 3.71. The van der Waals surface area contributed by atoms with Crippen molar-refractivity contribution in [1.29, 1.82) is 0 Å². The molecule has 6 nitrogen and oxygen atoms in total. The Kier molecular flexibility index (Phi) is 6.26. The van der Waals surface area contributed by atoms with Crippen molar-refractivity contribution < 1.29 is 22.3 Å². The molecule has 2 aromatic carbocycles. The lowest BCUT2D eigenvalue weighted by Gasteiger charge is -2.26. The molecule has 2 aromatic rings. The summed E-state index contributed by atoms with van der Waals surface area (Å²) < 4.78 is 45.7. The van der Waals surface area contributed by atoms with Gasteiger partial charge in [0, 0.05) is 18.8 Å². The van der Waals surface area contributed by atoms with E-state index in [0.717, 1.165) is 6.07 Å². The predicted molar refractivity (Wildman–Crippen MR) is 105 cm³/mol. The number of aryl methyl sites for hydroxylation is 1. The van der Waals surface area contributed by atoms with Crippen LogP contribution in [0.4, 0.5) is 10.1 Å². The number of hydrogen-bond donors (Lipinski definition) is 1. The monoisotopic (exact) mass is 446 g/mol. The number of morpholine rings is 1. The number of nitrogens with zero attached hydrogens (tertiary/aromatic N) is 1. The van der Waals surface area contributed by atoms with Crippen LogP contribution in [-0.4, -0.2) is 44.9 Å². The molecule has 0 bridgehead atoms. The van der Waals surface area contributed by atoms with E-state index in [1.54, 1.807) is 6.92 Å². The van der Waals surface area contributed by atoms with E-state index in [2.05, 4.69) is 5.32 Å². The third kappa shape index (κ3) is 4.31. The lowest BCUT2D eigenvalue weighted by molar-refractivity contribution is 0.0730. The second kappa shape index (κ2) is 8.34. The van der Waals surface area contributed by atoms with Gasteiger partial charge in [0.15, 0.2) is 0 Å². The van der Waals surface area contributed by atoms with E-state index in [0.29, 0.717) is 5.56 Å². The summed E-state index contributed by atoms with van der Waals surface area (Å²) in [6, 6.07) is 6.31. The largest absolute Gasteiger partial charge is 0.379 e. The number of nitrogens with one attached hydrogen (secondary N) is 1. The van der Waals surface area contributed by atoms with Gasteiger partial charge in [-0.05, 0) is 36.8 Å². The van der Waals surface area contributed by atoms with Gasteiger partial charge in [0.25, 0.3) is 5.91 Å². The van der Waals surface area contributed by atoms with Crippen LogP contribution in [-0.2, 0) is 14.8 Å². The molecule has 1 N–H and O–H groups in total. The van der Waals surface area contributed by atoms with Gasteiger partial charge < -0.3 is 10.1 Å². The molecule has 1 fully saturated rings. The zero-order chi connectivity index (χ0) is 20.5. The zero-order valence-electron chi connectivity index (χ0n) is 14.8. The molecule has 0 radical (unpaired) electrons. The molecule has 0 aromatic heterocycles. The van der Waals surface area contributed by atoms with Crippen molar-refractivity contribution in [1.82, 2.24) is 4.31 Å². The number of halogens is 3. The lowest BCUT2D eigenvalue weighted by Crippen LogP contribution is -2.40. The van der Waals surface area contributed by atoms with Crippen molar-refractivity contribution in [3.05, 3.63) is 57.3 Å². The summed E-state index contributed by atoms with van der Waals surface area (Å²) >= 11 is 12.2. The fourth-order valence-corrected chi connectivity index (χ4v) is 4.99. The minimum atomic E-state index is -3.93. The normalized spacial score (nSPS) is 15.4. The number of sulfonamides is 1. The van der Waals surface area contributed by atoms with E-state index < -0.39 is 21.7 Å². The summed E-state index contributed by atoms with van der Waals surface area (Å²) in [7, 11) is -3.93. The second-order valence-electron chi connectivity index (χ2n) is 6.19. The van der Waals surface area contributed by atoms with Gasteiger partial charge in [-0.25, -0.2) is 12.8 Å². The lowest BCUT2D eigenvalue weighted by atomic mass is 10.1. The zero-order valence-corrected chi connectivity index (χ0v) is 17.2.